The van der Waals surface area contributed by atoms with Crippen molar-refractivity contribution in [2.24, 2.45) is 0 Å². The molecule has 0 amide bonds. The van der Waals surface area contributed by atoms with E-state index >= 15 is 0 Å². The molecular weight excluding hydrogens is 294 g/mol. The summed E-state index contributed by atoms with van der Waals surface area (Å²) in [5, 5.41) is 5.67. The summed E-state index contributed by atoms with van der Waals surface area (Å²) in [7, 11) is 0. The topological polar surface area (TPSA) is 12.0 Å². The highest BCUT2D eigenvalue weighted by atomic mass is 79.9. The van der Waals surface area contributed by atoms with E-state index in [0.717, 1.165) is 13.0 Å². The van der Waals surface area contributed by atoms with Crippen LogP contribution in [0.3, 0.4) is 0 Å². The maximum Gasteiger partial charge on any atom is 0.0327 e. The number of hydrogen-bond donors (Lipinski definition) is 1. The lowest BCUT2D eigenvalue weighted by molar-refractivity contribution is 0.548. The predicted octanol–water partition coefficient (Wildman–Crippen LogP) is 4.23. The lowest BCUT2D eigenvalue weighted by Gasteiger charge is -2.13. The zero-order valence-corrected chi connectivity index (χ0v) is 12.2. The molecule has 0 aliphatic heterocycles. The Balaban J connectivity index is 1.82. The summed E-state index contributed by atoms with van der Waals surface area (Å²) in [5.41, 5.74) is 1.39. The second-order valence-electron chi connectivity index (χ2n) is 4.16. The van der Waals surface area contributed by atoms with Gasteiger partial charge in [0.2, 0.25) is 0 Å². The van der Waals surface area contributed by atoms with Gasteiger partial charge in [-0.05, 0) is 46.3 Å². The number of benzene rings is 1. The Hall–Kier alpha value is -0.640. The molecule has 0 bridgehead atoms. The van der Waals surface area contributed by atoms with Gasteiger partial charge in [0.15, 0.2) is 0 Å². The van der Waals surface area contributed by atoms with E-state index in [0.29, 0.717) is 6.04 Å². The molecule has 0 saturated heterocycles. The minimum absolute atomic E-state index is 0.492. The van der Waals surface area contributed by atoms with Crippen molar-refractivity contribution in [3.05, 3.63) is 56.7 Å². The number of halogens is 1. The van der Waals surface area contributed by atoms with Crippen LogP contribution in [0, 0.1) is 0 Å². The summed E-state index contributed by atoms with van der Waals surface area (Å²) in [6, 6.07) is 13.2. The second-order valence-corrected chi connectivity index (χ2v) is 6.02. The molecule has 2 aromatic rings. The van der Waals surface area contributed by atoms with Gasteiger partial charge in [0.1, 0.15) is 0 Å². The Bertz CT molecular complexity index is 452. The fourth-order valence-electron chi connectivity index (χ4n) is 1.76. The molecule has 17 heavy (non-hydrogen) atoms. The second kappa shape index (κ2) is 6.34. The lowest BCUT2D eigenvalue weighted by atomic mass is 10.1. The van der Waals surface area contributed by atoms with Crippen molar-refractivity contribution in [3.8, 4) is 0 Å². The summed E-state index contributed by atoms with van der Waals surface area (Å²) in [5.74, 6) is 0. The normalized spacial score (nSPS) is 12.6. The van der Waals surface area contributed by atoms with Crippen LogP contribution in [-0.2, 0) is 13.0 Å². The molecular formula is C14H16BrNS. The molecule has 1 atom stereocenters. The van der Waals surface area contributed by atoms with Crippen LogP contribution in [0.4, 0.5) is 0 Å². The van der Waals surface area contributed by atoms with Gasteiger partial charge in [-0.15, -0.1) is 11.3 Å². The van der Waals surface area contributed by atoms with Crippen molar-refractivity contribution >= 4 is 27.3 Å². The maximum absolute atomic E-state index is 3.55. The fraction of sp³-hybridized carbons (Fsp3) is 0.286. The molecule has 1 unspecified atom stereocenters. The Labute approximate surface area is 115 Å². The van der Waals surface area contributed by atoms with E-state index in [1.807, 2.05) is 0 Å². The molecule has 90 valence electrons. The Morgan fingerprint density at radius 1 is 1.24 bits per heavy atom. The predicted molar refractivity (Wildman–Crippen MR) is 78.5 cm³/mol. The Morgan fingerprint density at radius 2 is 2.00 bits per heavy atom. The maximum atomic E-state index is 3.55. The molecule has 3 heteroatoms. The van der Waals surface area contributed by atoms with Crippen LogP contribution in [0.5, 0.6) is 0 Å². The van der Waals surface area contributed by atoms with E-state index in [1.165, 1.54) is 14.9 Å². The van der Waals surface area contributed by atoms with E-state index in [2.05, 4.69) is 69.9 Å². The molecule has 0 spiro atoms. The van der Waals surface area contributed by atoms with Crippen LogP contribution >= 0.6 is 27.3 Å². The largest absolute Gasteiger partial charge is 0.309 e. The molecule has 1 nitrogen and oxygen atoms in total. The molecule has 2 rings (SSSR count). The number of nitrogens with one attached hydrogen (secondary N) is 1. The third-order valence-corrected chi connectivity index (χ3v) is 4.61. The van der Waals surface area contributed by atoms with Crippen LogP contribution in [0.25, 0.3) is 0 Å². The molecule has 0 radical (unpaired) electrons. The monoisotopic (exact) mass is 309 g/mol. The fourth-order valence-corrected chi connectivity index (χ4v) is 3.20. The van der Waals surface area contributed by atoms with Gasteiger partial charge in [0.05, 0.1) is 0 Å². The number of rotatable bonds is 5. The van der Waals surface area contributed by atoms with Gasteiger partial charge < -0.3 is 5.32 Å². The van der Waals surface area contributed by atoms with Crippen LogP contribution in [0.15, 0.2) is 46.3 Å². The van der Waals surface area contributed by atoms with Crippen molar-refractivity contribution in [2.45, 2.75) is 25.9 Å². The highest BCUT2D eigenvalue weighted by Gasteiger charge is 2.05. The Morgan fingerprint density at radius 3 is 2.65 bits per heavy atom. The molecule has 0 aliphatic rings. The molecule has 1 aromatic carbocycles. The molecule has 0 aliphatic carbocycles. The van der Waals surface area contributed by atoms with Crippen LogP contribution in [-0.4, -0.2) is 6.04 Å². The number of thiophene rings is 1. The van der Waals surface area contributed by atoms with Crippen molar-refractivity contribution in [1.82, 2.24) is 5.32 Å². The van der Waals surface area contributed by atoms with Crippen LogP contribution in [0.1, 0.15) is 17.4 Å². The highest BCUT2D eigenvalue weighted by Crippen LogP contribution is 2.22. The van der Waals surface area contributed by atoms with Crippen molar-refractivity contribution in [1.29, 1.82) is 0 Å². The van der Waals surface area contributed by atoms with E-state index in [4.69, 9.17) is 0 Å². The van der Waals surface area contributed by atoms with E-state index < -0.39 is 0 Å². The summed E-state index contributed by atoms with van der Waals surface area (Å²) < 4.78 is 1.21. The summed E-state index contributed by atoms with van der Waals surface area (Å²) >= 11 is 5.34. The van der Waals surface area contributed by atoms with Crippen molar-refractivity contribution < 1.29 is 0 Å². The van der Waals surface area contributed by atoms with E-state index in [-0.39, 0.29) is 0 Å². The van der Waals surface area contributed by atoms with Crippen molar-refractivity contribution in [3.63, 3.8) is 0 Å². The zero-order valence-electron chi connectivity index (χ0n) is 9.82. The standard InChI is InChI=1S/C14H16BrNS/c1-11(9-12-5-3-2-4-6-12)16-10-14-13(15)7-8-17-14/h2-8,11,16H,9-10H2,1H3. The minimum Gasteiger partial charge on any atom is -0.309 e. The van der Waals surface area contributed by atoms with Gasteiger partial charge in [0, 0.05) is 21.9 Å². The highest BCUT2D eigenvalue weighted by molar-refractivity contribution is 9.10. The summed E-state index contributed by atoms with van der Waals surface area (Å²) in [6.07, 6.45) is 1.07. The van der Waals surface area contributed by atoms with Gasteiger partial charge in [0.25, 0.3) is 0 Å². The molecule has 1 N–H and O–H groups in total. The average Bonchev–Trinajstić information content (AvgIpc) is 2.74. The first-order valence-corrected chi connectivity index (χ1v) is 7.42. The zero-order chi connectivity index (χ0) is 12.1. The molecule has 1 heterocycles. The molecule has 0 fully saturated rings. The molecule has 1 aromatic heterocycles. The minimum atomic E-state index is 0.492. The third-order valence-electron chi connectivity index (χ3n) is 2.69. The van der Waals surface area contributed by atoms with E-state index in [9.17, 15) is 0 Å². The van der Waals surface area contributed by atoms with Gasteiger partial charge in [-0.1, -0.05) is 30.3 Å². The quantitative estimate of drug-likeness (QED) is 0.871. The van der Waals surface area contributed by atoms with Crippen molar-refractivity contribution in [2.75, 3.05) is 0 Å². The first-order chi connectivity index (χ1) is 8.25. The average molecular weight is 310 g/mol. The lowest BCUT2D eigenvalue weighted by Crippen LogP contribution is -2.27. The number of hydrogen-bond acceptors (Lipinski definition) is 2. The first-order valence-electron chi connectivity index (χ1n) is 5.75. The third kappa shape index (κ3) is 3.95. The van der Waals surface area contributed by atoms with Crippen LogP contribution < -0.4 is 5.32 Å². The summed E-state index contributed by atoms with van der Waals surface area (Å²) in [4.78, 5) is 1.37. The summed E-state index contributed by atoms with van der Waals surface area (Å²) in [6.45, 7) is 3.17. The first kappa shape index (κ1) is 12.8. The molecule has 0 saturated carbocycles. The van der Waals surface area contributed by atoms with E-state index in [1.54, 1.807) is 11.3 Å². The SMILES string of the molecule is CC(Cc1ccccc1)NCc1sccc1Br. The van der Waals surface area contributed by atoms with Gasteiger partial charge in [-0.2, -0.15) is 0 Å². The van der Waals surface area contributed by atoms with Gasteiger partial charge in [-0.25, -0.2) is 0 Å². The van der Waals surface area contributed by atoms with Gasteiger partial charge >= 0.3 is 0 Å². The van der Waals surface area contributed by atoms with Gasteiger partial charge in [-0.3, -0.25) is 0 Å². The smallest absolute Gasteiger partial charge is 0.0327 e. The van der Waals surface area contributed by atoms with Crippen LogP contribution in [0.2, 0.25) is 0 Å². The Kier molecular flexibility index (Phi) is 4.77.